The van der Waals surface area contributed by atoms with Crippen molar-refractivity contribution in [2.75, 3.05) is 19.6 Å². The van der Waals surface area contributed by atoms with E-state index in [1.807, 2.05) is 29.3 Å². The summed E-state index contributed by atoms with van der Waals surface area (Å²) < 4.78 is 0. The molecule has 0 N–H and O–H groups in total. The van der Waals surface area contributed by atoms with Crippen LogP contribution in [0.25, 0.3) is 0 Å². The number of nitrogens with zero attached hydrogens (tertiary/aromatic N) is 3. The van der Waals surface area contributed by atoms with Crippen molar-refractivity contribution >= 4 is 5.91 Å². The van der Waals surface area contributed by atoms with Crippen LogP contribution >= 0.6 is 0 Å². The summed E-state index contributed by atoms with van der Waals surface area (Å²) in [7, 11) is 0. The van der Waals surface area contributed by atoms with Gasteiger partial charge in [-0.3, -0.25) is 14.7 Å². The standard InChI is InChI=1S/C18H21N3O/c1-15(22)20-11-12-21(13-17-9-5-6-10-19-17)18(14-20)16-7-3-2-4-8-16/h2-10,18H,11-14H2,1H3. The van der Waals surface area contributed by atoms with Crippen molar-refractivity contribution in [1.82, 2.24) is 14.8 Å². The maximum atomic E-state index is 11.7. The Bertz CT molecular complexity index is 615. The molecule has 4 nitrogen and oxygen atoms in total. The SMILES string of the molecule is CC(=O)N1CCN(Cc2ccccn2)C(c2ccccc2)C1. The van der Waals surface area contributed by atoms with Gasteiger partial charge < -0.3 is 4.90 Å². The lowest BCUT2D eigenvalue weighted by atomic mass is 10.0. The molecule has 1 fully saturated rings. The van der Waals surface area contributed by atoms with Crippen molar-refractivity contribution in [3.8, 4) is 0 Å². The summed E-state index contributed by atoms with van der Waals surface area (Å²) in [6.45, 7) is 4.86. The number of benzene rings is 1. The molecule has 1 amide bonds. The van der Waals surface area contributed by atoms with Gasteiger partial charge in [0.05, 0.1) is 11.7 Å². The Morgan fingerprint density at radius 2 is 1.91 bits per heavy atom. The third kappa shape index (κ3) is 3.34. The van der Waals surface area contributed by atoms with Crippen LogP contribution in [0.2, 0.25) is 0 Å². The fraction of sp³-hybridized carbons (Fsp3) is 0.333. The van der Waals surface area contributed by atoms with Crippen LogP contribution in [0.1, 0.15) is 24.2 Å². The molecule has 3 rings (SSSR count). The number of rotatable bonds is 3. The van der Waals surface area contributed by atoms with E-state index in [9.17, 15) is 4.79 Å². The normalized spacial score (nSPS) is 19.1. The average molecular weight is 295 g/mol. The molecule has 1 unspecified atom stereocenters. The van der Waals surface area contributed by atoms with Crippen molar-refractivity contribution in [3.05, 3.63) is 66.0 Å². The maximum Gasteiger partial charge on any atom is 0.219 e. The van der Waals surface area contributed by atoms with E-state index in [2.05, 4.69) is 40.2 Å². The number of piperazine rings is 1. The number of amides is 1. The summed E-state index contributed by atoms with van der Waals surface area (Å²) in [5.41, 5.74) is 2.32. The Balaban J connectivity index is 1.82. The first-order valence-corrected chi connectivity index (χ1v) is 7.68. The van der Waals surface area contributed by atoms with E-state index in [0.29, 0.717) is 0 Å². The highest BCUT2D eigenvalue weighted by molar-refractivity contribution is 5.73. The van der Waals surface area contributed by atoms with E-state index in [4.69, 9.17) is 0 Å². The topological polar surface area (TPSA) is 36.4 Å². The largest absolute Gasteiger partial charge is 0.340 e. The highest BCUT2D eigenvalue weighted by Gasteiger charge is 2.29. The number of hydrogen-bond donors (Lipinski definition) is 0. The van der Waals surface area contributed by atoms with Crippen molar-refractivity contribution in [2.24, 2.45) is 0 Å². The van der Waals surface area contributed by atoms with Crippen LogP contribution in [0, 0.1) is 0 Å². The molecule has 22 heavy (non-hydrogen) atoms. The summed E-state index contributed by atoms with van der Waals surface area (Å²) in [6.07, 6.45) is 1.83. The van der Waals surface area contributed by atoms with Crippen LogP contribution in [-0.2, 0) is 11.3 Å². The Morgan fingerprint density at radius 1 is 1.14 bits per heavy atom. The molecule has 2 heterocycles. The Kier molecular flexibility index (Phi) is 4.49. The molecule has 1 aromatic carbocycles. The molecule has 1 saturated heterocycles. The zero-order valence-electron chi connectivity index (χ0n) is 12.9. The quantitative estimate of drug-likeness (QED) is 0.873. The van der Waals surface area contributed by atoms with Gasteiger partial charge in [-0.15, -0.1) is 0 Å². The second kappa shape index (κ2) is 6.71. The van der Waals surface area contributed by atoms with Gasteiger partial charge in [0, 0.05) is 39.3 Å². The second-order valence-electron chi connectivity index (χ2n) is 5.68. The lowest BCUT2D eigenvalue weighted by Crippen LogP contribution is -2.49. The second-order valence-corrected chi connectivity index (χ2v) is 5.68. The van der Waals surface area contributed by atoms with Gasteiger partial charge in [-0.25, -0.2) is 0 Å². The van der Waals surface area contributed by atoms with Crippen molar-refractivity contribution in [1.29, 1.82) is 0 Å². The molecule has 1 atom stereocenters. The van der Waals surface area contributed by atoms with Crippen molar-refractivity contribution in [2.45, 2.75) is 19.5 Å². The van der Waals surface area contributed by atoms with E-state index < -0.39 is 0 Å². The first-order valence-electron chi connectivity index (χ1n) is 7.68. The van der Waals surface area contributed by atoms with E-state index in [0.717, 1.165) is 31.9 Å². The fourth-order valence-electron chi connectivity index (χ4n) is 2.99. The van der Waals surface area contributed by atoms with Gasteiger partial charge >= 0.3 is 0 Å². The van der Waals surface area contributed by atoms with Crippen LogP contribution < -0.4 is 0 Å². The Morgan fingerprint density at radius 3 is 2.59 bits per heavy atom. The van der Waals surface area contributed by atoms with Crippen molar-refractivity contribution in [3.63, 3.8) is 0 Å². The lowest BCUT2D eigenvalue weighted by molar-refractivity contribution is -0.132. The maximum absolute atomic E-state index is 11.7. The van der Waals surface area contributed by atoms with Gasteiger partial charge in [0.2, 0.25) is 5.91 Å². The Hall–Kier alpha value is -2.20. The zero-order valence-corrected chi connectivity index (χ0v) is 12.9. The van der Waals surface area contributed by atoms with Gasteiger partial charge in [-0.2, -0.15) is 0 Å². The van der Waals surface area contributed by atoms with Crippen LogP contribution in [-0.4, -0.2) is 40.3 Å². The molecule has 0 spiro atoms. The number of carbonyl (C=O) groups is 1. The minimum Gasteiger partial charge on any atom is -0.340 e. The van der Waals surface area contributed by atoms with Crippen LogP contribution in [0.5, 0.6) is 0 Å². The van der Waals surface area contributed by atoms with Crippen molar-refractivity contribution < 1.29 is 4.79 Å². The summed E-state index contributed by atoms with van der Waals surface area (Å²) >= 11 is 0. The highest BCUT2D eigenvalue weighted by atomic mass is 16.2. The molecule has 1 aliphatic rings. The number of carbonyl (C=O) groups excluding carboxylic acids is 1. The molecule has 0 bridgehead atoms. The highest BCUT2D eigenvalue weighted by Crippen LogP contribution is 2.26. The molecule has 1 aromatic heterocycles. The third-order valence-corrected chi connectivity index (χ3v) is 4.21. The van der Waals surface area contributed by atoms with E-state index >= 15 is 0 Å². The minimum atomic E-state index is 0.151. The van der Waals surface area contributed by atoms with Gasteiger partial charge in [-0.05, 0) is 17.7 Å². The molecule has 2 aromatic rings. The molecule has 0 saturated carbocycles. The summed E-state index contributed by atoms with van der Waals surface area (Å²) in [5, 5.41) is 0. The van der Waals surface area contributed by atoms with Gasteiger partial charge in [0.25, 0.3) is 0 Å². The number of pyridine rings is 1. The van der Waals surface area contributed by atoms with E-state index in [-0.39, 0.29) is 11.9 Å². The molecule has 4 heteroatoms. The molecule has 0 aliphatic carbocycles. The lowest BCUT2D eigenvalue weighted by Gasteiger charge is -2.41. The van der Waals surface area contributed by atoms with E-state index in [1.54, 1.807) is 6.92 Å². The first kappa shape index (κ1) is 14.7. The van der Waals surface area contributed by atoms with Gasteiger partial charge in [0.1, 0.15) is 0 Å². The third-order valence-electron chi connectivity index (χ3n) is 4.21. The summed E-state index contributed by atoms with van der Waals surface area (Å²) in [6, 6.07) is 16.7. The molecular formula is C18H21N3O. The van der Waals surface area contributed by atoms with Crippen LogP contribution in [0.15, 0.2) is 54.7 Å². The number of aromatic nitrogens is 1. The number of hydrogen-bond acceptors (Lipinski definition) is 3. The smallest absolute Gasteiger partial charge is 0.219 e. The van der Waals surface area contributed by atoms with E-state index in [1.165, 1.54) is 5.56 Å². The fourth-order valence-corrected chi connectivity index (χ4v) is 2.99. The molecular weight excluding hydrogens is 274 g/mol. The predicted octanol–water partition coefficient (Wildman–Crippen LogP) is 2.49. The van der Waals surface area contributed by atoms with Gasteiger partial charge in [-0.1, -0.05) is 36.4 Å². The zero-order chi connectivity index (χ0) is 15.4. The summed E-state index contributed by atoms with van der Waals surface area (Å²) in [4.78, 5) is 20.5. The van der Waals surface area contributed by atoms with Crippen LogP contribution in [0.3, 0.4) is 0 Å². The Labute approximate surface area is 131 Å². The first-order chi connectivity index (χ1) is 10.7. The van der Waals surface area contributed by atoms with Crippen LogP contribution in [0.4, 0.5) is 0 Å². The molecule has 0 radical (unpaired) electrons. The average Bonchev–Trinajstić information content (AvgIpc) is 2.57. The summed E-state index contributed by atoms with van der Waals surface area (Å²) in [5.74, 6) is 0.151. The monoisotopic (exact) mass is 295 g/mol. The molecule has 1 aliphatic heterocycles. The minimum absolute atomic E-state index is 0.151. The predicted molar refractivity (Wildman–Crippen MR) is 86.1 cm³/mol. The van der Waals surface area contributed by atoms with Gasteiger partial charge in [0.15, 0.2) is 0 Å². The molecule has 114 valence electrons.